The predicted octanol–water partition coefficient (Wildman–Crippen LogP) is 0.475. The highest BCUT2D eigenvalue weighted by molar-refractivity contribution is 7.92. The van der Waals surface area contributed by atoms with E-state index in [4.69, 9.17) is 5.14 Å². The monoisotopic (exact) mass is 330 g/mol. The van der Waals surface area contributed by atoms with Crippen molar-refractivity contribution in [2.45, 2.75) is 23.8 Å². The Morgan fingerprint density at radius 2 is 1.86 bits per heavy atom. The maximum absolute atomic E-state index is 12.1. The summed E-state index contributed by atoms with van der Waals surface area (Å²) in [6.07, 6.45) is 1.17. The summed E-state index contributed by atoms with van der Waals surface area (Å²) >= 11 is 0. The van der Waals surface area contributed by atoms with E-state index in [1.807, 2.05) is 0 Å². The van der Waals surface area contributed by atoms with E-state index in [9.17, 15) is 16.8 Å². The molecule has 0 radical (unpaired) electrons. The normalized spacial score (nSPS) is 12.3. The summed E-state index contributed by atoms with van der Waals surface area (Å²) in [7, 11) is -7.80. The Hall–Kier alpha value is -1.91. The first-order valence-corrected chi connectivity index (χ1v) is 8.80. The number of anilines is 1. The lowest BCUT2D eigenvalue weighted by Gasteiger charge is -2.09. The Morgan fingerprint density at radius 1 is 1.19 bits per heavy atom. The lowest BCUT2D eigenvalue weighted by molar-refractivity contribution is 0.595. The van der Waals surface area contributed by atoms with Crippen molar-refractivity contribution in [2.24, 2.45) is 5.14 Å². The number of nitrogens with zero attached hydrogens (tertiary/aromatic N) is 1. The summed E-state index contributed by atoms with van der Waals surface area (Å²) in [6, 6.07) is 4.09. The molecule has 114 valence electrons. The van der Waals surface area contributed by atoms with Crippen LogP contribution in [0.25, 0.3) is 0 Å². The number of rotatable bonds is 4. The summed E-state index contributed by atoms with van der Waals surface area (Å²) in [6.45, 7) is 3.18. The molecule has 0 saturated heterocycles. The molecule has 1 aromatic carbocycles. The molecule has 2 aromatic rings. The zero-order valence-corrected chi connectivity index (χ0v) is 12.9. The molecule has 0 aliphatic heterocycles. The average molecular weight is 330 g/mol. The van der Waals surface area contributed by atoms with Crippen molar-refractivity contribution in [2.75, 3.05) is 4.72 Å². The third-order valence-corrected chi connectivity index (χ3v) is 5.06. The molecule has 10 heteroatoms. The molecule has 0 aliphatic rings. The highest BCUT2D eigenvalue weighted by Crippen LogP contribution is 2.21. The molecule has 0 unspecified atom stereocenters. The molecule has 1 heterocycles. The second-order valence-electron chi connectivity index (χ2n) is 4.46. The van der Waals surface area contributed by atoms with Gasteiger partial charge in [0.2, 0.25) is 10.0 Å². The quantitative estimate of drug-likeness (QED) is 0.749. The molecule has 0 bridgehead atoms. The maximum atomic E-state index is 12.1. The Kier molecular flexibility index (Phi) is 3.78. The standard InChI is InChI=1S/C11H14N4O4S2/c1-7-3-4-9(5-10(7)20(12,16)17)15-21(18,19)11-6-13-8(2)14-11/h3-6,15H,1-2H3,(H,13,14)(H2,12,16,17). The van der Waals surface area contributed by atoms with Crippen molar-refractivity contribution in [3.63, 3.8) is 0 Å². The molecule has 2 rings (SSSR count). The summed E-state index contributed by atoms with van der Waals surface area (Å²) in [5.41, 5.74) is 0.523. The van der Waals surface area contributed by atoms with Gasteiger partial charge in [-0.2, -0.15) is 8.42 Å². The molecule has 0 saturated carbocycles. The second kappa shape index (κ2) is 5.13. The van der Waals surface area contributed by atoms with Crippen LogP contribution in [0.3, 0.4) is 0 Å². The van der Waals surface area contributed by atoms with E-state index >= 15 is 0 Å². The van der Waals surface area contributed by atoms with Crippen LogP contribution in [0, 0.1) is 13.8 Å². The van der Waals surface area contributed by atoms with Gasteiger partial charge in [0.05, 0.1) is 16.8 Å². The van der Waals surface area contributed by atoms with Crippen LogP contribution in [0.5, 0.6) is 0 Å². The third kappa shape index (κ3) is 3.40. The molecule has 1 aromatic heterocycles. The van der Waals surface area contributed by atoms with Gasteiger partial charge >= 0.3 is 0 Å². The number of benzene rings is 1. The van der Waals surface area contributed by atoms with Gasteiger partial charge in [-0.3, -0.25) is 4.72 Å². The van der Waals surface area contributed by atoms with Crippen molar-refractivity contribution >= 4 is 25.7 Å². The van der Waals surface area contributed by atoms with E-state index in [0.717, 1.165) is 0 Å². The zero-order chi connectivity index (χ0) is 15.8. The molecule has 0 fully saturated rings. The van der Waals surface area contributed by atoms with Crippen LogP contribution in [0.1, 0.15) is 11.4 Å². The van der Waals surface area contributed by atoms with Gasteiger partial charge in [0.25, 0.3) is 10.0 Å². The number of hydrogen-bond acceptors (Lipinski definition) is 5. The first-order valence-electron chi connectivity index (χ1n) is 5.77. The number of sulfonamides is 2. The van der Waals surface area contributed by atoms with Gasteiger partial charge in [-0.05, 0) is 31.5 Å². The highest BCUT2D eigenvalue weighted by Gasteiger charge is 2.18. The van der Waals surface area contributed by atoms with E-state index in [0.29, 0.717) is 11.4 Å². The molecule has 0 amide bonds. The fourth-order valence-corrected chi connectivity index (χ4v) is 3.54. The molecular formula is C11H14N4O4S2. The molecule has 0 aliphatic carbocycles. The largest absolute Gasteiger partial charge is 0.332 e. The van der Waals surface area contributed by atoms with Gasteiger partial charge < -0.3 is 4.98 Å². The summed E-state index contributed by atoms with van der Waals surface area (Å²) in [5.74, 6) is 0.449. The average Bonchev–Trinajstić information content (AvgIpc) is 2.77. The summed E-state index contributed by atoms with van der Waals surface area (Å²) < 4.78 is 49.3. The molecule has 4 N–H and O–H groups in total. The molecule has 8 nitrogen and oxygen atoms in total. The smallest absolute Gasteiger partial charge is 0.278 e. The van der Waals surface area contributed by atoms with Gasteiger partial charge in [-0.1, -0.05) is 6.07 Å². The van der Waals surface area contributed by atoms with E-state index < -0.39 is 20.0 Å². The van der Waals surface area contributed by atoms with Crippen LogP contribution in [0.4, 0.5) is 5.69 Å². The number of hydrogen-bond donors (Lipinski definition) is 3. The molecule has 21 heavy (non-hydrogen) atoms. The van der Waals surface area contributed by atoms with Gasteiger partial charge in [0, 0.05) is 0 Å². The Bertz CT molecular complexity index is 885. The number of aryl methyl sites for hydroxylation is 2. The minimum Gasteiger partial charge on any atom is -0.332 e. The van der Waals surface area contributed by atoms with Gasteiger partial charge in [0.15, 0.2) is 5.03 Å². The van der Waals surface area contributed by atoms with Crippen molar-refractivity contribution in [1.82, 2.24) is 9.97 Å². The topological polar surface area (TPSA) is 135 Å². The fraction of sp³-hybridized carbons (Fsp3) is 0.182. The van der Waals surface area contributed by atoms with Crippen LogP contribution in [0.15, 0.2) is 34.3 Å². The highest BCUT2D eigenvalue weighted by atomic mass is 32.2. The first-order chi connectivity index (χ1) is 9.59. The minimum absolute atomic E-state index is 0.0943. The maximum Gasteiger partial charge on any atom is 0.278 e. The third-order valence-electron chi connectivity index (χ3n) is 2.72. The van der Waals surface area contributed by atoms with Crippen molar-refractivity contribution in [3.8, 4) is 0 Å². The van der Waals surface area contributed by atoms with Crippen LogP contribution < -0.4 is 9.86 Å². The number of aromatic nitrogens is 2. The van der Waals surface area contributed by atoms with Gasteiger partial charge in [-0.15, -0.1) is 0 Å². The second-order valence-corrected chi connectivity index (χ2v) is 7.64. The Morgan fingerprint density at radius 3 is 2.38 bits per heavy atom. The van der Waals surface area contributed by atoms with Crippen LogP contribution in [-0.4, -0.2) is 26.8 Å². The predicted molar refractivity (Wildman–Crippen MR) is 76.7 cm³/mol. The summed E-state index contributed by atoms with van der Waals surface area (Å²) in [5, 5.41) is 4.97. The number of aromatic amines is 1. The van der Waals surface area contributed by atoms with Gasteiger partial charge in [0.1, 0.15) is 5.82 Å². The van der Waals surface area contributed by atoms with E-state index in [1.54, 1.807) is 13.8 Å². The van der Waals surface area contributed by atoms with Crippen LogP contribution in [-0.2, 0) is 20.0 Å². The fourth-order valence-electron chi connectivity index (χ4n) is 1.72. The van der Waals surface area contributed by atoms with Crippen molar-refractivity contribution in [3.05, 3.63) is 35.8 Å². The lowest BCUT2D eigenvalue weighted by Crippen LogP contribution is -2.16. The molecule has 0 spiro atoms. The van der Waals surface area contributed by atoms with E-state index in [2.05, 4.69) is 14.7 Å². The number of nitrogens with one attached hydrogen (secondary N) is 2. The number of nitrogens with two attached hydrogens (primary N) is 1. The number of H-pyrrole nitrogens is 1. The SMILES string of the molecule is Cc1ncc(S(=O)(=O)Nc2ccc(C)c(S(N)(=O)=O)c2)[nH]1. The van der Waals surface area contributed by atoms with Crippen molar-refractivity contribution < 1.29 is 16.8 Å². The zero-order valence-electron chi connectivity index (χ0n) is 11.3. The van der Waals surface area contributed by atoms with Crippen LogP contribution >= 0.6 is 0 Å². The molecular weight excluding hydrogens is 316 g/mol. The van der Waals surface area contributed by atoms with E-state index in [-0.39, 0.29) is 15.6 Å². The van der Waals surface area contributed by atoms with Crippen molar-refractivity contribution in [1.29, 1.82) is 0 Å². The first kappa shape index (κ1) is 15.5. The number of primary sulfonamides is 1. The molecule has 0 atom stereocenters. The van der Waals surface area contributed by atoms with E-state index in [1.165, 1.54) is 24.4 Å². The Balaban J connectivity index is 2.41. The summed E-state index contributed by atoms with van der Waals surface area (Å²) in [4.78, 5) is 6.26. The number of imidazole rings is 1. The lowest BCUT2D eigenvalue weighted by atomic mass is 10.2. The van der Waals surface area contributed by atoms with Gasteiger partial charge in [-0.25, -0.2) is 18.5 Å². The Labute approximate surface area is 122 Å². The van der Waals surface area contributed by atoms with Crippen LogP contribution in [0.2, 0.25) is 0 Å². The minimum atomic E-state index is -3.93.